The minimum absolute atomic E-state index is 0.894. The zero-order chi connectivity index (χ0) is 10.3. The second kappa shape index (κ2) is 3.31. The molecule has 0 aliphatic carbocycles. The molecule has 1 heterocycles. The molecule has 0 bridgehead atoms. The van der Waals surface area contributed by atoms with E-state index in [1.807, 2.05) is 19.2 Å². The average molecular weight is 254 g/mol. The van der Waals surface area contributed by atoms with Crippen molar-refractivity contribution in [3.8, 4) is 5.75 Å². The SMILES string of the molecule is COc1ccc2c(C)c(Br)n(C)c2c1. The van der Waals surface area contributed by atoms with Gasteiger partial charge in [0.1, 0.15) is 5.75 Å². The van der Waals surface area contributed by atoms with Crippen LogP contribution in [0.3, 0.4) is 0 Å². The van der Waals surface area contributed by atoms with Gasteiger partial charge in [0.05, 0.1) is 17.2 Å². The molecule has 0 fully saturated rings. The molecule has 0 aliphatic heterocycles. The molecule has 0 saturated carbocycles. The molecule has 74 valence electrons. The van der Waals surface area contributed by atoms with Crippen molar-refractivity contribution >= 4 is 26.8 Å². The first-order valence-corrected chi connectivity index (χ1v) is 5.23. The van der Waals surface area contributed by atoms with Crippen molar-refractivity contribution in [3.63, 3.8) is 0 Å². The maximum atomic E-state index is 5.20. The van der Waals surface area contributed by atoms with Gasteiger partial charge in [-0.15, -0.1) is 0 Å². The second-order valence-corrected chi connectivity index (χ2v) is 4.11. The van der Waals surface area contributed by atoms with Gasteiger partial charge in [-0.25, -0.2) is 0 Å². The summed E-state index contributed by atoms with van der Waals surface area (Å²) in [5.74, 6) is 0.894. The van der Waals surface area contributed by atoms with Gasteiger partial charge in [0.2, 0.25) is 0 Å². The molecule has 0 N–H and O–H groups in total. The number of hydrogen-bond acceptors (Lipinski definition) is 1. The van der Waals surface area contributed by atoms with Crippen molar-refractivity contribution in [2.75, 3.05) is 7.11 Å². The van der Waals surface area contributed by atoms with Gasteiger partial charge in [0.15, 0.2) is 0 Å². The minimum atomic E-state index is 0.894. The van der Waals surface area contributed by atoms with Crippen LogP contribution in [0.4, 0.5) is 0 Å². The highest BCUT2D eigenvalue weighted by molar-refractivity contribution is 9.10. The summed E-state index contributed by atoms with van der Waals surface area (Å²) < 4.78 is 8.44. The number of benzene rings is 1. The standard InChI is InChI=1S/C11H12BrNO/c1-7-9-5-4-8(14-3)6-10(9)13(2)11(7)12/h4-6H,1-3H3. The predicted molar refractivity (Wildman–Crippen MR) is 61.9 cm³/mol. The third kappa shape index (κ3) is 1.23. The van der Waals surface area contributed by atoms with E-state index in [-0.39, 0.29) is 0 Å². The van der Waals surface area contributed by atoms with Crippen molar-refractivity contribution in [1.29, 1.82) is 0 Å². The number of methoxy groups -OCH3 is 1. The van der Waals surface area contributed by atoms with E-state index < -0.39 is 0 Å². The number of aryl methyl sites for hydroxylation is 2. The van der Waals surface area contributed by atoms with Gasteiger partial charge < -0.3 is 9.30 Å². The zero-order valence-electron chi connectivity index (χ0n) is 8.47. The lowest BCUT2D eigenvalue weighted by atomic mass is 10.2. The summed E-state index contributed by atoms with van der Waals surface area (Å²) in [6.07, 6.45) is 0. The number of aromatic nitrogens is 1. The van der Waals surface area contributed by atoms with Crippen molar-refractivity contribution in [2.24, 2.45) is 7.05 Å². The molecule has 1 aromatic heterocycles. The smallest absolute Gasteiger partial charge is 0.120 e. The fraction of sp³-hybridized carbons (Fsp3) is 0.273. The molecule has 3 heteroatoms. The fourth-order valence-corrected chi connectivity index (χ4v) is 2.11. The van der Waals surface area contributed by atoms with Crippen LogP contribution in [0.25, 0.3) is 10.9 Å². The van der Waals surface area contributed by atoms with Crippen LogP contribution >= 0.6 is 15.9 Å². The Morgan fingerprint density at radius 1 is 1.36 bits per heavy atom. The number of rotatable bonds is 1. The fourth-order valence-electron chi connectivity index (χ4n) is 1.70. The number of ether oxygens (including phenoxy) is 1. The Balaban J connectivity index is 2.82. The van der Waals surface area contributed by atoms with Crippen LogP contribution in [0.2, 0.25) is 0 Å². The quantitative estimate of drug-likeness (QED) is 0.761. The molecule has 0 atom stereocenters. The van der Waals surface area contributed by atoms with E-state index in [4.69, 9.17) is 4.74 Å². The summed E-state index contributed by atoms with van der Waals surface area (Å²) in [5.41, 5.74) is 2.46. The van der Waals surface area contributed by atoms with E-state index >= 15 is 0 Å². The average Bonchev–Trinajstić information content (AvgIpc) is 2.44. The van der Waals surface area contributed by atoms with Gasteiger partial charge in [-0.2, -0.15) is 0 Å². The number of halogens is 1. The maximum absolute atomic E-state index is 5.20. The van der Waals surface area contributed by atoms with Crippen LogP contribution in [0, 0.1) is 6.92 Å². The molecular weight excluding hydrogens is 242 g/mol. The molecule has 0 aliphatic rings. The van der Waals surface area contributed by atoms with E-state index in [2.05, 4.69) is 33.5 Å². The first kappa shape index (κ1) is 9.59. The normalized spacial score (nSPS) is 10.9. The van der Waals surface area contributed by atoms with E-state index in [0.29, 0.717) is 0 Å². The molecule has 2 rings (SSSR count). The van der Waals surface area contributed by atoms with Gasteiger partial charge in [-0.3, -0.25) is 0 Å². The van der Waals surface area contributed by atoms with Crippen molar-refractivity contribution in [1.82, 2.24) is 4.57 Å². The molecule has 2 aromatic rings. The molecule has 0 unspecified atom stereocenters. The highest BCUT2D eigenvalue weighted by Gasteiger charge is 2.09. The molecule has 2 nitrogen and oxygen atoms in total. The maximum Gasteiger partial charge on any atom is 0.120 e. The third-order valence-electron chi connectivity index (χ3n) is 2.57. The molecule has 14 heavy (non-hydrogen) atoms. The first-order chi connectivity index (χ1) is 6.65. The topological polar surface area (TPSA) is 14.2 Å². The Bertz CT molecular complexity index is 487. The number of nitrogens with zero attached hydrogens (tertiary/aromatic N) is 1. The third-order valence-corrected chi connectivity index (χ3v) is 3.70. The van der Waals surface area contributed by atoms with Crippen molar-refractivity contribution < 1.29 is 4.74 Å². The molecule has 0 radical (unpaired) electrons. The van der Waals surface area contributed by atoms with E-state index in [1.165, 1.54) is 16.5 Å². The Hall–Kier alpha value is -0.960. The van der Waals surface area contributed by atoms with Crippen LogP contribution in [-0.2, 0) is 7.05 Å². The lowest BCUT2D eigenvalue weighted by Gasteiger charge is -2.01. The van der Waals surface area contributed by atoms with Gasteiger partial charge in [0, 0.05) is 18.5 Å². The number of hydrogen-bond donors (Lipinski definition) is 0. The van der Waals surface area contributed by atoms with Crippen LogP contribution in [0.15, 0.2) is 22.8 Å². The molecule has 0 saturated heterocycles. The molecule has 0 spiro atoms. The lowest BCUT2D eigenvalue weighted by Crippen LogP contribution is -1.88. The van der Waals surface area contributed by atoms with Crippen LogP contribution in [0.1, 0.15) is 5.56 Å². The summed E-state index contributed by atoms with van der Waals surface area (Å²) in [5, 5.41) is 1.26. The highest BCUT2D eigenvalue weighted by Crippen LogP contribution is 2.30. The molecule has 1 aromatic carbocycles. The van der Waals surface area contributed by atoms with Crippen LogP contribution in [0.5, 0.6) is 5.75 Å². The minimum Gasteiger partial charge on any atom is -0.497 e. The van der Waals surface area contributed by atoms with Crippen molar-refractivity contribution in [2.45, 2.75) is 6.92 Å². The second-order valence-electron chi connectivity index (χ2n) is 3.36. The van der Waals surface area contributed by atoms with Gasteiger partial charge in [-0.1, -0.05) is 0 Å². The summed E-state index contributed by atoms with van der Waals surface area (Å²) in [6.45, 7) is 2.11. The van der Waals surface area contributed by atoms with Gasteiger partial charge in [0.25, 0.3) is 0 Å². The van der Waals surface area contributed by atoms with Crippen LogP contribution < -0.4 is 4.74 Å². The Morgan fingerprint density at radius 3 is 2.71 bits per heavy atom. The number of fused-ring (bicyclic) bond motifs is 1. The zero-order valence-corrected chi connectivity index (χ0v) is 10.1. The Kier molecular flexibility index (Phi) is 2.27. The van der Waals surface area contributed by atoms with Crippen molar-refractivity contribution in [3.05, 3.63) is 28.4 Å². The Morgan fingerprint density at radius 2 is 2.07 bits per heavy atom. The van der Waals surface area contributed by atoms with E-state index in [1.54, 1.807) is 7.11 Å². The van der Waals surface area contributed by atoms with Crippen LogP contribution in [-0.4, -0.2) is 11.7 Å². The summed E-state index contributed by atoms with van der Waals surface area (Å²) >= 11 is 3.56. The summed E-state index contributed by atoms with van der Waals surface area (Å²) in [7, 11) is 3.73. The van der Waals surface area contributed by atoms with E-state index in [0.717, 1.165) is 10.4 Å². The first-order valence-electron chi connectivity index (χ1n) is 4.43. The van der Waals surface area contributed by atoms with Gasteiger partial charge >= 0.3 is 0 Å². The lowest BCUT2D eigenvalue weighted by molar-refractivity contribution is 0.415. The highest BCUT2D eigenvalue weighted by atomic mass is 79.9. The van der Waals surface area contributed by atoms with E-state index in [9.17, 15) is 0 Å². The monoisotopic (exact) mass is 253 g/mol. The predicted octanol–water partition coefficient (Wildman–Crippen LogP) is 3.26. The summed E-state index contributed by atoms with van der Waals surface area (Å²) in [6, 6.07) is 6.13. The molecule has 0 amide bonds. The van der Waals surface area contributed by atoms with Gasteiger partial charge in [-0.05, 0) is 40.5 Å². The summed E-state index contributed by atoms with van der Waals surface area (Å²) in [4.78, 5) is 0. The largest absolute Gasteiger partial charge is 0.497 e. The Labute approximate surface area is 91.6 Å². The molecular formula is C11H12BrNO.